The Kier molecular flexibility index (Phi) is 1.89. The van der Waals surface area contributed by atoms with Crippen molar-refractivity contribution in [3.05, 3.63) is 17.2 Å². The number of hydrogen-bond donors (Lipinski definition) is 0. The van der Waals surface area contributed by atoms with E-state index in [1.807, 2.05) is 0 Å². The third-order valence-electron chi connectivity index (χ3n) is 3.67. The molecule has 0 radical (unpaired) electrons. The molecule has 0 aromatic carbocycles. The van der Waals surface area contributed by atoms with E-state index in [4.69, 9.17) is 4.98 Å². The predicted octanol–water partition coefficient (Wildman–Crippen LogP) is 2.34. The maximum Gasteiger partial charge on any atom is 0.109 e. The number of aryl methyl sites for hydroxylation is 2. The molecule has 3 rings (SSSR count). The molecule has 2 heterocycles. The molecule has 1 aromatic heterocycles. The van der Waals surface area contributed by atoms with Gasteiger partial charge < -0.3 is 4.57 Å². The zero-order valence-electron chi connectivity index (χ0n) is 8.92. The van der Waals surface area contributed by atoms with E-state index in [1.54, 1.807) is 5.69 Å². The zero-order chi connectivity index (χ0) is 9.54. The van der Waals surface area contributed by atoms with Crippen molar-refractivity contribution in [2.24, 2.45) is 5.92 Å². The molecule has 1 aliphatic heterocycles. The van der Waals surface area contributed by atoms with E-state index in [1.165, 1.54) is 56.6 Å². The van der Waals surface area contributed by atoms with Gasteiger partial charge >= 0.3 is 0 Å². The third-order valence-corrected chi connectivity index (χ3v) is 3.67. The fourth-order valence-corrected chi connectivity index (χ4v) is 2.84. The molecule has 2 aliphatic rings. The molecular weight excluding hydrogens is 172 g/mol. The molecule has 0 saturated heterocycles. The lowest BCUT2D eigenvalue weighted by Gasteiger charge is -2.23. The first-order chi connectivity index (χ1) is 6.84. The van der Waals surface area contributed by atoms with E-state index in [9.17, 15) is 0 Å². The maximum atomic E-state index is 4.79. The molecule has 1 aliphatic carbocycles. The van der Waals surface area contributed by atoms with Crippen molar-refractivity contribution in [2.45, 2.75) is 52.0 Å². The highest BCUT2D eigenvalue weighted by atomic mass is 15.1. The summed E-state index contributed by atoms with van der Waals surface area (Å²) in [6, 6.07) is 0. The highest BCUT2D eigenvalue weighted by molar-refractivity contribution is 5.21. The lowest BCUT2D eigenvalue weighted by molar-refractivity contribution is 0.384. The molecule has 2 heteroatoms. The number of hydrogen-bond acceptors (Lipinski definition) is 1. The van der Waals surface area contributed by atoms with Crippen LogP contribution in [-0.2, 0) is 25.8 Å². The highest BCUT2D eigenvalue weighted by Gasteiger charge is 2.23. The summed E-state index contributed by atoms with van der Waals surface area (Å²) >= 11 is 0. The van der Waals surface area contributed by atoms with E-state index >= 15 is 0 Å². The van der Waals surface area contributed by atoms with Crippen LogP contribution in [0.4, 0.5) is 0 Å². The Morgan fingerprint density at radius 1 is 1.21 bits per heavy atom. The number of fused-ring (bicyclic) bond motifs is 3. The van der Waals surface area contributed by atoms with Crippen LogP contribution >= 0.6 is 0 Å². The number of rotatable bonds is 0. The van der Waals surface area contributed by atoms with Gasteiger partial charge in [0.05, 0.1) is 5.69 Å². The monoisotopic (exact) mass is 190 g/mol. The SMILES string of the molecule is CC1CCc2nc3c(n2C1)CCCC3. The average molecular weight is 190 g/mol. The van der Waals surface area contributed by atoms with Crippen molar-refractivity contribution < 1.29 is 0 Å². The molecule has 1 atom stereocenters. The smallest absolute Gasteiger partial charge is 0.109 e. The Hall–Kier alpha value is -0.790. The first kappa shape index (κ1) is 8.51. The molecule has 14 heavy (non-hydrogen) atoms. The normalized spacial score (nSPS) is 25.6. The van der Waals surface area contributed by atoms with Gasteiger partial charge in [0.1, 0.15) is 5.82 Å². The van der Waals surface area contributed by atoms with Gasteiger partial charge in [0, 0.05) is 18.7 Å². The predicted molar refractivity (Wildman–Crippen MR) is 56.4 cm³/mol. The minimum Gasteiger partial charge on any atom is -0.332 e. The minimum absolute atomic E-state index is 0.850. The number of imidazole rings is 1. The van der Waals surface area contributed by atoms with Gasteiger partial charge in [0.2, 0.25) is 0 Å². The molecule has 0 fully saturated rings. The Morgan fingerprint density at radius 2 is 2.07 bits per heavy atom. The molecule has 0 N–H and O–H groups in total. The first-order valence-electron chi connectivity index (χ1n) is 5.92. The zero-order valence-corrected chi connectivity index (χ0v) is 8.92. The molecule has 1 aromatic rings. The van der Waals surface area contributed by atoms with Crippen molar-refractivity contribution in [3.8, 4) is 0 Å². The van der Waals surface area contributed by atoms with Crippen LogP contribution in [-0.4, -0.2) is 9.55 Å². The van der Waals surface area contributed by atoms with E-state index in [-0.39, 0.29) is 0 Å². The summed E-state index contributed by atoms with van der Waals surface area (Å²) in [5.74, 6) is 2.22. The van der Waals surface area contributed by atoms with E-state index in [0.717, 1.165) is 5.92 Å². The molecule has 0 spiro atoms. The van der Waals surface area contributed by atoms with Crippen LogP contribution in [0.1, 0.15) is 43.4 Å². The van der Waals surface area contributed by atoms with Gasteiger partial charge in [0.15, 0.2) is 0 Å². The van der Waals surface area contributed by atoms with Gasteiger partial charge in [-0.1, -0.05) is 6.92 Å². The molecule has 0 bridgehead atoms. The van der Waals surface area contributed by atoms with E-state index < -0.39 is 0 Å². The molecule has 0 amide bonds. The Labute approximate surface area is 85.3 Å². The van der Waals surface area contributed by atoms with Crippen LogP contribution in [0, 0.1) is 5.92 Å². The third kappa shape index (κ3) is 1.20. The van der Waals surface area contributed by atoms with Crippen molar-refractivity contribution >= 4 is 0 Å². The van der Waals surface area contributed by atoms with Crippen LogP contribution < -0.4 is 0 Å². The van der Waals surface area contributed by atoms with Crippen LogP contribution in [0.2, 0.25) is 0 Å². The van der Waals surface area contributed by atoms with E-state index in [2.05, 4.69) is 11.5 Å². The quantitative estimate of drug-likeness (QED) is 0.614. The van der Waals surface area contributed by atoms with Gasteiger partial charge in [-0.25, -0.2) is 4.98 Å². The van der Waals surface area contributed by atoms with Gasteiger partial charge in [-0.05, 0) is 38.0 Å². The lowest BCUT2D eigenvalue weighted by atomic mass is 9.99. The Bertz CT molecular complexity index is 351. The molecule has 76 valence electrons. The summed E-state index contributed by atoms with van der Waals surface area (Å²) in [7, 11) is 0. The van der Waals surface area contributed by atoms with Crippen LogP contribution in [0.25, 0.3) is 0 Å². The van der Waals surface area contributed by atoms with Crippen LogP contribution in [0.5, 0.6) is 0 Å². The van der Waals surface area contributed by atoms with Crippen molar-refractivity contribution in [1.29, 1.82) is 0 Å². The molecule has 2 nitrogen and oxygen atoms in total. The van der Waals surface area contributed by atoms with Gasteiger partial charge in [-0.3, -0.25) is 0 Å². The summed E-state index contributed by atoms with van der Waals surface area (Å²) in [6.45, 7) is 3.58. The summed E-state index contributed by atoms with van der Waals surface area (Å²) in [5.41, 5.74) is 2.98. The fourth-order valence-electron chi connectivity index (χ4n) is 2.84. The van der Waals surface area contributed by atoms with Gasteiger partial charge in [-0.2, -0.15) is 0 Å². The van der Waals surface area contributed by atoms with Crippen molar-refractivity contribution in [3.63, 3.8) is 0 Å². The van der Waals surface area contributed by atoms with Crippen LogP contribution in [0.15, 0.2) is 0 Å². The van der Waals surface area contributed by atoms with Crippen molar-refractivity contribution in [1.82, 2.24) is 9.55 Å². The van der Waals surface area contributed by atoms with Crippen molar-refractivity contribution in [2.75, 3.05) is 0 Å². The lowest BCUT2D eigenvalue weighted by Crippen LogP contribution is -2.20. The summed E-state index contributed by atoms with van der Waals surface area (Å²) < 4.78 is 2.52. The second-order valence-electron chi connectivity index (χ2n) is 4.88. The van der Waals surface area contributed by atoms with E-state index in [0.29, 0.717) is 0 Å². The van der Waals surface area contributed by atoms with Crippen LogP contribution in [0.3, 0.4) is 0 Å². The minimum atomic E-state index is 0.850. The standard InChI is InChI=1S/C12H18N2/c1-9-6-7-12-13-10-4-2-3-5-11(10)14(12)8-9/h9H,2-8H2,1H3. The summed E-state index contributed by atoms with van der Waals surface area (Å²) in [4.78, 5) is 4.79. The van der Waals surface area contributed by atoms with Gasteiger partial charge in [-0.15, -0.1) is 0 Å². The number of aromatic nitrogens is 2. The molecule has 0 saturated carbocycles. The summed E-state index contributed by atoms with van der Waals surface area (Å²) in [5, 5.41) is 0. The number of nitrogens with zero attached hydrogens (tertiary/aromatic N) is 2. The second-order valence-corrected chi connectivity index (χ2v) is 4.88. The van der Waals surface area contributed by atoms with Gasteiger partial charge in [0.25, 0.3) is 0 Å². The second kappa shape index (κ2) is 3.11. The molecular formula is C12H18N2. The first-order valence-corrected chi connectivity index (χ1v) is 5.92. The molecule has 1 unspecified atom stereocenters. The Morgan fingerprint density at radius 3 is 3.00 bits per heavy atom. The average Bonchev–Trinajstić information content (AvgIpc) is 2.56. The topological polar surface area (TPSA) is 17.8 Å². The Balaban J connectivity index is 2.05. The largest absolute Gasteiger partial charge is 0.332 e. The maximum absolute atomic E-state index is 4.79. The highest BCUT2D eigenvalue weighted by Crippen LogP contribution is 2.27. The summed E-state index contributed by atoms with van der Waals surface area (Å²) in [6.07, 6.45) is 7.74. The fraction of sp³-hybridized carbons (Fsp3) is 0.750.